The van der Waals surface area contributed by atoms with Gasteiger partial charge in [0.2, 0.25) is 10.0 Å². The first kappa shape index (κ1) is 20.5. The van der Waals surface area contributed by atoms with Crippen molar-refractivity contribution in [3.05, 3.63) is 65.7 Å². The first-order valence-electron chi connectivity index (χ1n) is 9.66. The van der Waals surface area contributed by atoms with E-state index in [0.717, 1.165) is 16.9 Å². The zero-order valence-corrected chi connectivity index (χ0v) is 17.0. The number of aryl methyl sites for hydroxylation is 1. The lowest BCUT2D eigenvalue weighted by Gasteiger charge is -2.31. The normalized spacial score (nSPS) is 16.0. The second kappa shape index (κ2) is 9.32. The quantitative estimate of drug-likeness (QED) is 0.697. The molecule has 1 saturated heterocycles. The lowest BCUT2D eigenvalue weighted by atomic mass is 10.1. The number of nitrogens with one attached hydrogen (secondary N) is 2. The summed E-state index contributed by atoms with van der Waals surface area (Å²) in [6.07, 6.45) is 0.810. The van der Waals surface area contributed by atoms with Gasteiger partial charge in [0.1, 0.15) is 0 Å². The van der Waals surface area contributed by atoms with Gasteiger partial charge in [0.05, 0.1) is 31.1 Å². The van der Waals surface area contributed by atoms with Crippen LogP contribution < -0.4 is 10.2 Å². The van der Waals surface area contributed by atoms with E-state index in [9.17, 15) is 13.2 Å². The van der Waals surface area contributed by atoms with Crippen molar-refractivity contribution in [2.75, 3.05) is 39.3 Å². The average Bonchev–Trinajstić information content (AvgIpc) is 2.69. The fourth-order valence-corrected chi connectivity index (χ4v) is 4.80. The Bertz CT molecular complexity index is 875. The molecule has 0 saturated carbocycles. The van der Waals surface area contributed by atoms with Crippen LogP contribution in [0.5, 0.6) is 0 Å². The van der Waals surface area contributed by atoms with Crippen LogP contribution in [0.2, 0.25) is 0 Å². The number of sulfonamides is 1. The van der Waals surface area contributed by atoms with E-state index in [-0.39, 0.29) is 5.91 Å². The predicted octanol–water partition coefficient (Wildman–Crippen LogP) is 0.243. The van der Waals surface area contributed by atoms with E-state index in [1.165, 1.54) is 9.87 Å². The third-order valence-corrected chi connectivity index (χ3v) is 6.99. The summed E-state index contributed by atoms with van der Waals surface area (Å²) in [5.41, 5.74) is 2.23. The Morgan fingerprint density at radius 3 is 2.32 bits per heavy atom. The highest BCUT2D eigenvalue weighted by Crippen LogP contribution is 2.16. The van der Waals surface area contributed by atoms with E-state index in [0.29, 0.717) is 44.2 Å². The van der Waals surface area contributed by atoms with Gasteiger partial charge in [-0.25, -0.2) is 8.42 Å². The highest BCUT2D eigenvalue weighted by molar-refractivity contribution is 7.89. The Morgan fingerprint density at radius 2 is 1.68 bits per heavy atom. The standard InChI is InChI=1S/C21H27N3O3S/c1-18-7-9-20(10-8-18)28(26,27)24-15-13-23(14-16-24)17-21(25)22-12-11-19-5-3-2-4-6-19/h2-10H,11-17H2,1H3,(H,22,25)/p+1. The van der Waals surface area contributed by atoms with Crippen LogP contribution in [0.4, 0.5) is 0 Å². The molecule has 0 spiro atoms. The van der Waals surface area contributed by atoms with Crippen LogP contribution in [0.3, 0.4) is 0 Å². The first-order valence-corrected chi connectivity index (χ1v) is 11.1. The minimum atomic E-state index is -3.46. The highest BCUT2D eigenvalue weighted by atomic mass is 32.2. The van der Waals surface area contributed by atoms with E-state index in [4.69, 9.17) is 0 Å². The molecule has 2 aromatic carbocycles. The maximum atomic E-state index is 12.7. The van der Waals surface area contributed by atoms with E-state index in [2.05, 4.69) is 5.32 Å². The number of piperazine rings is 1. The number of hydrogen-bond donors (Lipinski definition) is 2. The maximum absolute atomic E-state index is 12.7. The van der Waals surface area contributed by atoms with Crippen LogP contribution in [0, 0.1) is 6.92 Å². The van der Waals surface area contributed by atoms with Crippen molar-refractivity contribution < 1.29 is 18.1 Å². The summed E-state index contributed by atoms with van der Waals surface area (Å²) >= 11 is 0. The van der Waals surface area contributed by atoms with Gasteiger partial charge < -0.3 is 10.2 Å². The lowest BCUT2D eigenvalue weighted by Crippen LogP contribution is -3.15. The molecule has 3 rings (SSSR count). The minimum absolute atomic E-state index is 0.0146. The lowest BCUT2D eigenvalue weighted by molar-refractivity contribution is -0.895. The Morgan fingerprint density at radius 1 is 1.04 bits per heavy atom. The summed E-state index contributed by atoms with van der Waals surface area (Å²) in [7, 11) is -3.46. The number of quaternary nitrogens is 1. The zero-order chi connectivity index (χ0) is 20.0. The molecule has 1 aliphatic rings. The number of hydrogen-bond acceptors (Lipinski definition) is 3. The maximum Gasteiger partial charge on any atom is 0.275 e. The molecule has 2 aromatic rings. The number of carbonyl (C=O) groups excluding carboxylic acids is 1. The smallest absolute Gasteiger partial charge is 0.275 e. The molecule has 0 aliphatic carbocycles. The molecule has 0 atom stereocenters. The van der Waals surface area contributed by atoms with E-state index < -0.39 is 10.0 Å². The van der Waals surface area contributed by atoms with Gasteiger partial charge in [0.25, 0.3) is 5.91 Å². The van der Waals surface area contributed by atoms with Crippen molar-refractivity contribution >= 4 is 15.9 Å². The minimum Gasteiger partial charge on any atom is -0.351 e. The second-order valence-corrected chi connectivity index (χ2v) is 9.17. The monoisotopic (exact) mass is 402 g/mol. The number of rotatable bonds is 7. The molecule has 1 amide bonds. The fourth-order valence-electron chi connectivity index (χ4n) is 3.36. The molecule has 0 aromatic heterocycles. The topological polar surface area (TPSA) is 70.9 Å². The summed E-state index contributed by atoms with van der Waals surface area (Å²) in [4.78, 5) is 13.6. The molecule has 1 fully saturated rings. The van der Waals surface area contributed by atoms with Gasteiger partial charge >= 0.3 is 0 Å². The van der Waals surface area contributed by atoms with Crippen molar-refractivity contribution in [1.82, 2.24) is 9.62 Å². The third-order valence-electron chi connectivity index (χ3n) is 5.08. The zero-order valence-electron chi connectivity index (χ0n) is 16.2. The number of carbonyl (C=O) groups is 1. The summed E-state index contributed by atoms with van der Waals surface area (Å²) in [6, 6.07) is 17.0. The number of benzene rings is 2. The largest absolute Gasteiger partial charge is 0.351 e. The molecular formula is C21H28N3O3S+. The Labute approximate surface area is 167 Å². The molecule has 28 heavy (non-hydrogen) atoms. The van der Waals surface area contributed by atoms with Crippen molar-refractivity contribution in [1.29, 1.82) is 0 Å². The first-order chi connectivity index (χ1) is 13.4. The fraction of sp³-hybridized carbons (Fsp3) is 0.381. The van der Waals surface area contributed by atoms with E-state index in [1.54, 1.807) is 12.1 Å². The van der Waals surface area contributed by atoms with Crippen molar-refractivity contribution in [3.63, 3.8) is 0 Å². The van der Waals surface area contributed by atoms with E-state index in [1.807, 2.05) is 49.4 Å². The molecular weight excluding hydrogens is 374 g/mol. The Hall–Kier alpha value is -2.22. The molecule has 0 radical (unpaired) electrons. The van der Waals surface area contributed by atoms with Gasteiger partial charge in [0, 0.05) is 6.54 Å². The molecule has 1 heterocycles. The Kier molecular flexibility index (Phi) is 6.83. The summed E-state index contributed by atoms with van der Waals surface area (Å²) in [5.74, 6) is 0.0146. The summed E-state index contributed by atoms with van der Waals surface area (Å²) < 4.78 is 27.0. The van der Waals surface area contributed by atoms with Crippen molar-refractivity contribution in [2.45, 2.75) is 18.2 Å². The summed E-state index contributed by atoms with van der Waals surface area (Å²) in [5, 5.41) is 2.96. The summed E-state index contributed by atoms with van der Waals surface area (Å²) in [6.45, 7) is 5.07. The third kappa shape index (κ3) is 5.41. The van der Waals surface area contributed by atoms with Crippen LogP contribution in [0.15, 0.2) is 59.5 Å². The molecule has 0 bridgehead atoms. The van der Waals surface area contributed by atoms with Gasteiger partial charge in [0.15, 0.2) is 6.54 Å². The molecule has 0 unspecified atom stereocenters. The van der Waals surface area contributed by atoms with Crippen molar-refractivity contribution in [3.8, 4) is 0 Å². The molecule has 2 N–H and O–H groups in total. The molecule has 6 nitrogen and oxygen atoms in total. The van der Waals surface area contributed by atoms with Crippen molar-refractivity contribution in [2.24, 2.45) is 0 Å². The second-order valence-electron chi connectivity index (χ2n) is 7.23. The molecule has 7 heteroatoms. The number of amides is 1. The number of nitrogens with zero attached hydrogens (tertiary/aromatic N) is 1. The van der Waals surface area contributed by atoms with Crippen LogP contribution >= 0.6 is 0 Å². The predicted molar refractivity (Wildman–Crippen MR) is 109 cm³/mol. The van der Waals surface area contributed by atoms with Gasteiger partial charge in [-0.2, -0.15) is 4.31 Å². The van der Waals surface area contributed by atoms with E-state index >= 15 is 0 Å². The Balaban J connectivity index is 1.43. The highest BCUT2D eigenvalue weighted by Gasteiger charge is 2.30. The van der Waals surface area contributed by atoms with Crippen LogP contribution in [0.25, 0.3) is 0 Å². The van der Waals surface area contributed by atoms with Crippen LogP contribution in [0.1, 0.15) is 11.1 Å². The SMILES string of the molecule is Cc1ccc(S(=O)(=O)N2CC[NH+](CC(=O)NCCc3ccccc3)CC2)cc1. The molecule has 150 valence electrons. The molecule has 1 aliphatic heterocycles. The van der Waals surface area contributed by atoms with Gasteiger partial charge in [-0.15, -0.1) is 0 Å². The van der Waals surface area contributed by atoms with Gasteiger partial charge in [-0.1, -0.05) is 48.0 Å². The average molecular weight is 403 g/mol. The van der Waals surface area contributed by atoms with Crippen LogP contribution in [-0.4, -0.2) is 57.9 Å². The van der Waals surface area contributed by atoms with Crippen LogP contribution in [-0.2, 0) is 21.2 Å². The van der Waals surface area contributed by atoms with Gasteiger partial charge in [-0.3, -0.25) is 4.79 Å². The van der Waals surface area contributed by atoms with Gasteiger partial charge in [-0.05, 0) is 31.0 Å².